The Labute approximate surface area is 262 Å². The quantitative estimate of drug-likeness (QED) is 0.102. The lowest BCUT2D eigenvalue weighted by molar-refractivity contribution is -0.120. The number of benzene rings is 5. The predicted molar refractivity (Wildman–Crippen MR) is 177 cm³/mol. The highest BCUT2D eigenvalue weighted by molar-refractivity contribution is 9.10. The first-order chi connectivity index (χ1) is 21.0. The molecule has 43 heavy (non-hydrogen) atoms. The molecule has 6 rings (SSSR count). The molecule has 0 saturated carbocycles. The van der Waals surface area contributed by atoms with Gasteiger partial charge in [-0.25, -0.2) is 0 Å². The summed E-state index contributed by atoms with van der Waals surface area (Å²) in [5, 5.41) is 2.33. The fourth-order valence-corrected chi connectivity index (χ4v) is 5.99. The number of carbonyl (C=O) groups excluding carboxylic acids is 2. The van der Waals surface area contributed by atoms with Crippen LogP contribution in [0.25, 0.3) is 16.8 Å². The topological polar surface area (TPSA) is 59.1 Å². The molecule has 1 saturated heterocycles. The molecule has 0 N–H and O–H groups in total. The van der Waals surface area contributed by atoms with Gasteiger partial charge in [0, 0.05) is 0 Å². The fourth-order valence-electron chi connectivity index (χ4n) is 5.04. The van der Waals surface area contributed by atoms with E-state index >= 15 is 0 Å². The number of anilines is 2. The van der Waals surface area contributed by atoms with Gasteiger partial charge < -0.3 is 9.47 Å². The molecule has 1 aliphatic rings. The van der Waals surface area contributed by atoms with E-state index in [1.807, 2.05) is 60.7 Å². The van der Waals surface area contributed by atoms with Gasteiger partial charge in [-0.15, -0.1) is 0 Å². The van der Waals surface area contributed by atoms with E-state index in [0.717, 1.165) is 16.3 Å². The van der Waals surface area contributed by atoms with E-state index in [9.17, 15) is 9.59 Å². The summed E-state index contributed by atoms with van der Waals surface area (Å²) in [6.45, 7) is 0.323. The SMILES string of the molecule is COc1cc(C=C2C(=O)N(c3ccccc3)C(=S)N(c3ccccc3)C2=O)cc(Br)c1OCc1cccc2ccccc12. The van der Waals surface area contributed by atoms with Crippen LogP contribution < -0.4 is 19.3 Å². The van der Waals surface area contributed by atoms with Crippen LogP contribution in [0.5, 0.6) is 11.5 Å². The van der Waals surface area contributed by atoms with Gasteiger partial charge in [-0.05, 0) is 92.5 Å². The number of halogens is 1. The van der Waals surface area contributed by atoms with Gasteiger partial charge >= 0.3 is 0 Å². The van der Waals surface area contributed by atoms with Gasteiger partial charge in [-0.3, -0.25) is 19.4 Å². The van der Waals surface area contributed by atoms with Crippen molar-refractivity contribution < 1.29 is 19.1 Å². The Morgan fingerprint density at radius 2 is 1.35 bits per heavy atom. The van der Waals surface area contributed by atoms with Gasteiger partial charge in [0.05, 0.1) is 23.0 Å². The first kappa shape index (κ1) is 28.3. The van der Waals surface area contributed by atoms with E-state index in [-0.39, 0.29) is 10.7 Å². The standard InChI is InChI=1S/C35H25BrN2O4S/c1-41-31-21-23(20-30(36)32(31)42-22-25-13-10-12-24-11-8-9-18-28(24)25)19-29-33(39)37(26-14-4-2-5-15-26)35(43)38(34(29)40)27-16-6-3-7-17-27/h2-21H,22H2,1H3. The average molecular weight is 650 g/mol. The number of nitrogens with zero attached hydrogens (tertiary/aromatic N) is 2. The lowest BCUT2D eigenvalue weighted by atomic mass is 10.0. The zero-order valence-electron chi connectivity index (χ0n) is 23.1. The van der Waals surface area contributed by atoms with Crippen LogP contribution in [-0.2, 0) is 16.2 Å². The summed E-state index contributed by atoms with van der Waals surface area (Å²) in [6.07, 6.45) is 1.56. The Morgan fingerprint density at radius 1 is 0.767 bits per heavy atom. The van der Waals surface area contributed by atoms with E-state index < -0.39 is 11.8 Å². The van der Waals surface area contributed by atoms with Gasteiger partial charge in [0.15, 0.2) is 16.6 Å². The van der Waals surface area contributed by atoms with Crippen molar-refractivity contribution in [3.05, 3.63) is 136 Å². The summed E-state index contributed by atoms with van der Waals surface area (Å²) in [7, 11) is 1.55. The lowest BCUT2D eigenvalue weighted by Crippen LogP contribution is -2.56. The summed E-state index contributed by atoms with van der Waals surface area (Å²) in [5.41, 5.74) is 2.70. The normalized spacial score (nSPS) is 13.4. The smallest absolute Gasteiger partial charge is 0.270 e. The number of amides is 2. The van der Waals surface area contributed by atoms with Gasteiger partial charge in [0.1, 0.15) is 12.2 Å². The fraction of sp³-hybridized carbons (Fsp3) is 0.0571. The first-order valence-corrected chi connectivity index (χ1v) is 14.7. The van der Waals surface area contributed by atoms with Crippen LogP contribution in [0.3, 0.4) is 0 Å². The molecule has 5 aromatic rings. The van der Waals surface area contributed by atoms with E-state index in [0.29, 0.717) is 39.5 Å². The maximum atomic E-state index is 13.9. The summed E-state index contributed by atoms with van der Waals surface area (Å²) in [6, 6.07) is 35.9. The van der Waals surface area contributed by atoms with Crippen LogP contribution in [0.15, 0.2) is 125 Å². The predicted octanol–water partition coefficient (Wildman–Crippen LogP) is 7.94. The van der Waals surface area contributed by atoms with Crippen LogP contribution in [0.2, 0.25) is 0 Å². The molecule has 0 aromatic heterocycles. The molecule has 0 radical (unpaired) electrons. The molecule has 2 amide bonds. The number of rotatable bonds is 7. The van der Waals surface area contributed by atoms with Gasteiger partial charge in [-0.1, -0.05) is 78.9 Å². The van der Waals surface area contributed by atoms with Crippen molar-refractivity contribution in [2.45, 2.75) is 6.61 Å². The average Bonchev–Trinajstić information content (AvgIpc) is 3.03. The minimum Gasteiger partial charge on any atom is -0.493 e. The second kappa shape index (κ2) is 12.2. The number of fused-ring (bicyclic) bond motifs is 1. The summed E-state index contributed by atoms with van der Waals surface area (Å²) >= 11 is 9.32. The molecule has 6 nitrogen and oxygen atoms in total. The van der Waals surface area contributed by atoms with Crippen LogP contribution >= 0.6 is 28.1 Å². The molecule has 0 unspecified atom stereocenters. The molecule has 1 heterocycles. The molecule has 0 bridgehead atoms. The zero-order chi connectivity index (χ0) is 29.9. The molecular weight excluding hydrogens is 624 g/mol. The number of methoxy groups -OCH3 is 1. The second-order valence-corrected chi connectivity index (χ2v) is 11.0. The molecule has 1 fully saturated rings. The lowest BCUT2D eigenvalue weighted by Gasteiger charge is -2.36. The van der Waals surface area contributed by atoms with E-state index in [1.54, 1.807) is 49.6 Å². The molecule has 1 aliphatic heterocycles. The highest BCUT2D eigenvalue weighted by Gasteiger charge is 2.41. The number of hydrogen-bond donors (Lipinski definition) is 0. The van der Waals surface area contributed by atoms with Crippen LogP contribution in [0, 0.1) is 0 Å². The van der Waals surface area contributed by atoms with Crippen molar-refractivity contribution in [2.75, 3.05) is 16.9 Å². The minimum atomic E-state index is -0.514. The molecule has 8 heteroatoms. The molecule has 0 atom stereocenters. The van der Waals surface area contributed by atoms with Crippen LogP contribution in [0.4, 0.5) is 11.4 Å². The van der Waals surface area contributed by atoms with Gasteiger partial charge in [0.25, 0.3) is 11.8 Å². The number of thiocarbonyl (C=S) groups is 1. The molecule has 212 valence electrons. The summed E-state index contributed by atoms with van der Waals surface area (Å²) < 4.78 is 12.5. The number of hydrogen-bond acceptors (Lipinski definition) is 5. The number of carbonyl (C=O) groups is 2. The third-order valence-electron chi connectivity index (χ3n) is 7.09. The minimum absolute atomic E-state index is 0.0420. The third kappa shape index (κ3) is 5.55. The Hall–Kier alpha value is -4.79. The maximum Gasteiger partial charge on any atom is 0.270 e. The summed E-state index contributed by atoms with van der Waals surface area (Å²) in [5.74, 6) is -0.0658. The van der Waals surface area contributed by atoms with Crippen LogP contribution in [-0.4, -0.2) is 24.0 Å². The highest BCUT2D eigenvalue weighted by Crippen LogP contribution is 2.39. The van der Waals surface area contributed by atoms with E-state index in [4.69, 9.17) is 21.7 Å². The Morgan fingerprint density at radius 3 is 1.98 bits per heavy atom. The summed E-state index contributed by atoms with van der Waals surface area (Å²) in [4.78, 5) is 30.5. The molecular formula is C35H25BrN2O4S. The first-order valence-electron chi connectivity index (χ1n) is 13.5. The van der Waals surface area contributed by atoms with Crippen molar-refractivity contribution in [1.29, 1.82) is 0 Å². The van der Waals surface area contributed by atoms with Crippen molar-refractivity contribution in [3.8, 4) is 11.5 Å². The monoisotopic (exact) mass is 648 g/mol. The molecule has 0 spiro atoms. The van der Waals surface area contributed by atoms with E-state index in [2.05, 4.69) is 34.1 Å². The largest absolute Gasteiger partial charge is 0.493 e. The van der Waals surface area contributed by atoms with Crippen molar-refractivity contribution >= 4 is 73.3 Å². The number of ether oxygens (including phenoxy) is 2. The van der Waals surface area contributed by atoms with E-state index in [1.165, 1.54) is 9.80 Å². The second-order valence-electron chi connectivity index (χ2n) is 9.75. The van der Waals surface area contributed by atoms with Crippen molar-refractivity contribution in [3.63, 3.8) is 0 Å². The third-order valence-corrected chi connectivity index (χ3v) is 8.05. The molecule has 5 aromatic carbocycles. The van der Waals surface area contributed by atoms with Gasteiger partial charge in [0.2, 0.25) is 0 Å². The Kier molecular flexibility index (Phi) is 8.05. The number of para-hydroxylation sites is 2. The Bertz CT molecular complexity index is 1820. The van der Waals surface area contributed by atoms with Gasteiger partial charge in [-0.2, -0.15) is 0 Å². The van der Waals surface area contributed by atoms with Crippen molar-refractivity contribution in [2.24, 2.45) is 0 Å². The molecule has 0 aliphatic carbocycles. The van der Waals surface area contributed by atoms with Crippen molar-refractivity contribution in [1.82, 2.24) is 0 Å². The zero-order valence-corrected chi connectivity index (χ0v) is 25.5. The Balaban J connectivity index is 1.37. The van der Waals surface area contributed by atoms with Crippen LogP contribution in [0.1, 0.15) is 11.1 Å². The highest BCUT2D eigenvalue weighted by atomic mass is 79.9. The maximum absolute atomic E-state index is 13.9.